The summed E-state index contributed by atoms with van der Waals surface area (Å²) in [5.74, 6) is 0.107. The van der Waals surface area contributed by atoms with Gasteiger partial charge in [0, 0.05) is 26.2 Å². The SMILES string of the molecule is Oc1ccc2c(c1)CCN(CC(F)(F)F)C2c1ccc(NC2CN(CCCF)C2)cn1. The molecular weight excluding hydrogens is 412 g/mol. The third kappa shape index (κ3) is 5.27. The molecule has 0 aliphatic carbocycles. The molecule has 2 aliphatic heterocycles. The van der Waals surface area contributed by atoms with Crippen molar-refractivity contribution in [2.45, 2.75) is 31.1 Å². The highest BCUT2D eigenvalue weighted by molar-refractivity contribution is 5.46. The number of alkyl halides is 4. The predicted molar refractivity (Wildman–Crippen MR) is 110 cm³/mol. The number of aromatic hydroxyl groups is 1. The summed E-state index contributed by atoms with van der Waals surface area (Å²) in [5.41, 5.74) is 2.93. The van der Waals surface area contributed by atoms with Crippen LogP contribution < -0.4 is 5.32 Å². The number of aromatic nitrogens is 1. The molecule has 9 heteroatoms. The molecule has 0 saturated carbocycles. The zero-order chi connectivity index (χ0) is 22.0. The van der Waals surface area contributed by atoms with Crippen LogP contribution in [0.15, 0.2) is 36.5 Å². The first kappa shape index (κ1) is 21.8. The normalized spacial score (nSPS) is 20.3. The van der Waals surface area contributed by atoms with E-state index in [1.165, 1.54) is 11.0 Å². The Labute approximate surface area is 178 Å². The molecule has 3 heterocycles. The number of phenols is 1. The summed E-state index contributed by atoms with van der Waals surface area (Å²) in [4.78, 5) is 8.05. The van der Waals surface area contributed by atoms with Crippen molar-refractivity contribution in [3.8, 4) is 5.75 Å². The van der Waals surface area contributed by atoms with Crippen molar-refractivity contribution in [2.24, 2.45) is 0 Å². The Balaban J connectivity index is 1.49. The van der Waals surface area contributed by atoms with E-state index in [2.05, 4.69) is 15.2 Å². The standard InChI is InChI=1S/C22H26F4N4O/c23-7-1-8-29-12-17(13-29)28-16-2-5-20(27-11-16)21-19-4-3-18(31)10-15(19)6-9-30(21)14-22(24,25)26/h2-5,10-11,17,21,28,31H,1,6-9,12-14H2. The summed E-state index contributed by atoms with van der Waals surface area (Å²) in [6, 6.07) is 8.04. The summed E-state index contributed by atoms with van der Waals surface area (Å²) in [5, 5.41) is 13.1. The lowest BCUT2D eigenvalue weighted by Crippen LogP contribution is -2.54. The van der Waals surface area contributed by atoms with Crippen molar-refractivity contribution >= 4 is 5.69 Å². The van der Waals surface area contributed by atoms with Gasteiger partial charge in [0.1, 0.15) is 5.75 Å². The smallest absolute Gasteiger partial charge is 0.401 e. The second kappa shape index (κ2) is 9.00. The first-order valence-corrected chi connectivity index (χ1v) is 10.5. The van der Waals surface area contributed by atoms with Gasteiger partial charge < -0.3 is 10.4 Å². The highest BCUT2D eigenvalue weighted by atomic mass is 19.4. The molecule has 5 nitrogen and oxygen atoms in total. The van der Waals surface area contributed by atoms with Crippen LogP contribution in [-0.2, 0) is 6.42 Å². The fourth-order valence-electron chi connectivity index (χ4n) is 4.43. The van der Waals surface area contributed by atoms with Crippen LogP contribution >= 0.6 is 0 Å². The number of nitrogens with one attached hydrogen (secondary N) is 1. The van der Waals surface area contributed by atoms with Gasteiger partial charge in [0.05, 0.1) is 42.9 Å². The fraction of sp³-hybridized carbons (Fsp3) is 0.500. The molecule has 0 amide bonds. The third-order valence-corrected chi connectivity index (χ3v) is 5.84. The van der Waals surface area contributed by atoms with E-state index in [1.54, 1.807) is 24.4 Å². The largest absolute Gasteiger partial charge is 0.508 e. The number of nitrogens with zero attached hydrogens (tertiary/aromatic N) is 3. The molecular formula is C22H26F4N4O. The second-order valence-corrected chi connectivity index (χ2v) is 8.24. The maximum atomic E-state index is 13.2. The van der Waals surface area contributed by atoms with Gasteiger partial charge in [0.15, 0.2) is 0 Å². The highest BCUT2D eigenvalue weighted by Gasteiger charge is 2.38. The Hall–Kier alpha value is -2.39. The monoisotopic (exact) mass is 438 g/mol. The lowest BCUT2D eigenvalue weighted by molar-refractivity contribution is -0.150. The summed E-state index contributed by atoms with van der Waals surface area (Å²) in [6.07, 6.45) is -1.68. The van der Waals surface area contributed by atoms with Crippen LogP contribution in [0.4, 0.5) is 23.2 Å². The number of hydrogen-bond acceptors (Lipinski definition) is 5. The number of hydrogen-bond donors (Lipinski definition) is 2. The molecule has 0 spiro atoms. The van der Waals surface area contributed by atoms with Gasteiger partial charge in [-0.2, -0.15) is 13.2 Å². The number of benzene rings is 1. The molecule has 1 aromatic carbocycles. The molecule has 168 valence electrons. The van der Waals surface area contributed by atoms with Crippen LogP contribution in [0, 0.1) is 0 Å². The minimum Gasteiger partial charge on any atom is -0.508 e. The van der Waals surface area contributed by atoms with E-state index < -0.39 is 18.8 Å². The number of pyridine rings is 1. The summed E-state index contributed by atoms with van der Waals surface area (Å²) < 4.78 is 51.8. The van der Waals surface area contributed by atoms with Gasteiger partial charge in [-0.25, -0.2) is 0 Å². The molecule has 1 atom stereocenters. The van der Waals surface area contributed by atoms with Crippen molar-refractivity contribution < 1.29 is 22.7 Å². The minimum atomic E-state index is -4.31. The van der Waals surface area contributed by atoms with Gasteiger partial charge >= 0.3 is 6.18 Å². The van der Waals surface area contributed by atoms with Crippen molar-refractivity contribution in [2.75, 3.05) is 44.7 Å². The first-order chi connectivity index (χ1) is 14.8. The number of rotatable bonds is 7. The van der Waals surface area contributed by atoms with Gasteiger partial charge in [0.2, 0.25) is 0 Å². The van der Waals surface area contributed by atoms with Crippen molar-refractivity contribution in [1.29, 1.82) is 0 Å². The molecule has 2 aromatic rings. The van der Waals surface area contributed by atoms with Crippen LogP contribution in [0.5, 0.6) is 5.75 Å². The Morgan fingerprint density at radius 3 is 2.65 bits per heavy atom. The number of halogens is 4. The third-order valence-electron chi connectivity index (χ3n) is 5.84. The maximum absolute atomic E-state index is 13.2. The second-order valence-electron chi connectivity index (χ2n) is 8.24. The Morgan fingerprint density at radius 1 is 1.16 bits per heavy atom. The lowest BCUT2D eigenvalue weighted by Gasteiger charge is -2.40. The van der Waals surface area contributed by atoms with E-state index in [-0.39, 0.29) is 25.0 Å². The molecule has 1 unspecified atom stereocenters. The molecule has 4 rings (SSSR count). The van der Waals surface area contributed by atoms with Crippen LogP contribution in [-0.4, -0.2) is 71.5 Å². The highest BCUT2D eigenvalue weighted by Crippen LogP contribution is 2.37. The quantitative estimate of drug-likeness (QED) is 0.645. The Bertz CT molecular complexity index is 884. The fourth-order valence-corrected chi connectivity index (χ4v) is 4.43. The number of likely N-dealkylation sites (tertiary alicyclic amines) is 1. The Kier molecular flexibility index (Phi) is 6.34. The van der Waals surface area contributed by atoms with Crippen LogP contribution in [0.2, 0.25) is 0 Å². The molecule has 1 fully saturated rings. The summed E-state index contributed by atoms with van der Waals surface area (Å²) in [7, 11) is 0. The minimum absolute atomic E-state index is 0.107. The average molecular weight is 438 g/mol. The van der Waals surface area contributed by atoms with E-state index in [1.807, 2.05) is 6.07 Å². The predicted octanol–water partition coefficient (Wildman–Crippen LogP) is 3.75. The van der Waals surface area contributed by atoms with Gasteiger partial charge in [-0.1, -0.05) is 6.07 Å². The Morgan fingerprint density at radius 2 is 1.97 bits per heavy atom. The summed E-state index contributed by atoms with van der Waals surface area (Å²) in [6.45, 7) is 1.32. The number of fused-ring (bicyclic) bond motifs is 1. The van der Waals surface area contributed by atoms with E-state index in [0.29, 0.717) is 18.5 Å². The van der Waals surface area contributed by atoms with Crippen molar-refractivity contribution in [1.82, 2.24) is 14.8 Å². The van der Waals surface area contributed by atoms with E-state index >= 15 is 0 Å². The van der Waals surface area contributed by atoms with Gasteiger partial charge in [-0.05, 0) is 48.2 Å². The molecule has 31 heavy (non-hydrogen) atoms. The van der Waals surface area contributed by atoms with Gasteiger partial charge in [-0.15, -0.1) is 0 Å². The molecule has 0 bridgehead atoms. The van der Waals surface area contributed by atoms with E-state index in [4.69, 9.17) is 0 Å². The zero-order valence-corrected chi connectivity index (χ0v) is 17.1. The topological polar surface area (TPSA) is 51.6 Å². The first-order valence-electron chi connectivity index (χ1n) is 10.5. The van der Waals surface area contributed by atoms with Crippen LogP contribution in [0.25, 0.3) is 0 Å². The molecule has 2 aliphatic rings. The van der Waals surface area contributed by atoms with Crippen molar-refractivity contribution in [3.05, 3.63) is 53.3 Å². The zero-order valence-electron chi connectivity index (χ0n) is 17.1. The maximum Gasteiger partial charge on any atom is 0.401 e. The van der Waals surface area contributed by atoms with Gasteiger partial charge in [0.25, 0.3) is 0 Å². The molecule has 2 N–H and O–H groups in total. The molecule has 1 aromatic heterocycles. The lowest BCUT2D eigenvalue weighted by atomic mass is 9.90. The van der Waals surface area contributed by atoms with Crippen LogP contribution in [0.3, 0.4) is 0 Å². The number of anilines is 1. The average Bonchev–Trinajstić information content (AvgIpc) is 2.69. The van der Waals surface area contributed by atoms with E-state index in [9.17, 15) is 22.7 Å². The van der Waals surface area contributed by atoms with Crippen molar-refractivity contribution in [3.63, 3.8) is 0 Å². The molecule has 0 radical (unpaired) electrons. The van der Waals surface area contributed by atoms with E-state index in [0.717, 1.165) is 36.4 Å². The summed E-state index contributed by atoms with van der Waals surface area (Å²) >= 11 is 0. The van der Waals surface area contributed by atoms with Crippen LogP contribution in [0.1, 0.15) is 29.3 Å². The number of phenolic OH excluding ortho intramolecular Hbond substituents is 1. The molecule has 1 saturated heterocycles. The van der Waals surface area contributed by atoms with Gasteiger partial charge in [-0.3, -0.25) is 19.2 Å².